The first-order chi connectivity index (χ1) is 13.3. The van der Waals surface area contributed by atoms with E-state index in [1.165, 1.54) is 0 Å². The van der Waals surface area contributed by atoms with Gasteiger partial charge in [0.05, 0.1) is 18.0 Å². The van der Waals surface area contributed by atoms with Gasteiger partial charge in [0.2, 0.25) is 12.4 Å². The van der Waals surface area contributed by atoms with E-state index < -0.39 is 0 Å². The van der Waals surface area contributed by atoms with Crippen molar-refractivity contribution >= 4 is 34.8 Å². The van der Waals surface area contributed by atoms with E-state index in [-0.39, 0.29) is 6.61 Å². The fraction of sp³-hybridized carbons (Fsp3) is 0.579. The third-order valence-electron chi connectivity index (χ3n) is 5.47. The number of anilines is 3. The molecule has 0 spiro atoms. The lowest BCUT2D eigenvalue weighted by Crippen LogP contribution is -2.36. The molecule has 0 atom stereocenters. The second-order valence-corrected chi connectivity index (χ2v) is 7.17. The molecule has 1 aromatic carbocycles. The van der Waals surface area contributed by atoms with Gasteiger partial charge in [-0.3, -0.25) is 4.79 Å². The van der Waals surface area contributed by atoms with Crippen LogP contribution < -0.4 is 20.3 Å². The quantitative estimate of drug-likeness (QED) is 0.671. The summed E-state index contributed by atoms with van der Waals surface area (Å²) in [5.41, 5.74) is 3.22. The van der Waals surface area contributed by atoms with Crippen LogP contribution in [0.25, 0.3) is 11.0 Å². The maximum Gasteiger partial charge on any atom is 0.211 e. The van der Waals surface area contributed by atoms with Crippen molar-refractivity contribution in [2.24, 2.45) is 5.92 Å². The van der Waals surface area contributed by atoms with E-state index in [0.717, 1.165) is 73.9 Å². The van der Waals surface area contributed by atoms with Gasteiger partial charge in [-0.25, -0.2) is 4.98 Å². The van der Waals surface area contributed by atoms with Crippen LogP contribution in [-0.2, 0) is 11.3 Å². The lowest BCUT2D eigenvalue weighted by Gasteiger charge is -2.32. The molecular weight excluding hydrogens is 346 g/mol. The van der Waals surface area contributed by atoms with Gasteiger partial charge >= 0.3 is 0 Å². The number of piperidine rings is 1. The molecule has 8 nitrogen and oxygen atoms in total. The molecule has 0 bridgehead atoms. The Kier molecular flexibility index (Phi) is 5.07. The Morgan fingerprint density at radius 3 is 2.89 bits per heavy atom. The third-order valence-corrected chi connectivity index (χ3v) is 5.47. The van der Waals surface area contributed by atoms with Gasteiger partial charge in [0.15, 0.2) is 0 Å². The Morgan fingerprint density at radius 1 is 1.37 bits per heavy atom. The molecule has 2 aliphatic heterocycles. The maximum absolute atomic E-state index is 11.2. The number of aliphatic hydroxyl groups is 1. The fourth-order valence-corrected chi connectivity index (χ4v) is 4.08. The van der Waals surface area contributed by atoms with E-state index in [1.807, 2.05) is 13.0 Å². The average molecular weight is 373 g/mol. The highest BCUT2D eigenvalue weighted by Crippen LogP contribution is 2.41. The second kappa shape index (κ2) is 7.64. The number of nitrogens with zero attached hydrogens (tertiary/aromatic N) is 3. The largest absolute Gasteiger partial charge is 0.491 e. The number of rotatable bonds is 6. The fourth-order valence-electron chi connectivity index (χ4n) is 4.08. The number of nitrogens with one attached hydrogen (secondary N) is 2. The Labute approximate surface area is 158 Å². The summed E-state index contributed by atoms with van der Waals surface area (Å²) in [7, 11) is 0. The van der Waals surface area contributed by atoms with Crippen LogP contribution in [0.4, 0.5) is 17.3 Å². The number of benzene rings is 1. The van der Waals surface area contributed by atoms with Gasteiger partial charge in [0.25, 0.3) is 0 Å². The van der Waals surface area contributed by atoms with E-state index in [9.17, 15) is 9.90 Å². The summed E-state index contributed by atoms with van der Waals surface area (Å²) in [6.45, 7) is 6.25. The summed E-state index contributed by atoms with van der Waals surface area (Å²) >= 11 is 0. The molecule has 3 heterocycles. The first kappa shape index (κ1) is 17.9. The van der Waals surface area contributed by atoms with E-state index in [4.69, 9.17) is 9.72 Å². The van der Waals surface area contributed by atoms with Gasteiger partial charge in [-0.2, -0.15) is 0 Å². The van der Waals surface area contributed by atoms with E-state index in [1.54, 1.807) is 0 Å². The number of carbonyl (C=O) groups excluding carboxylic acids is 1. The van der Waals surface area contributed by atoms with Crippen LogP contribution in [0.1, 0.15) is 26.2 Å². The van der Waals surface area contributed by atoms with Crippen LogP contribution in [0.3, 0.4) is 0 Å². The Morgan fingerprint density at radius 2 is 2.19 bits per heavy atom. The summed E-state index contributed by atoms with van der Waals surface area (Å²) < 4.78 is 8.23. The van der Waals surface area contributed by atoms with Gasteiger partial charge in [-0.15, -0.1) is 0 Å². The van der Waals surface area contributed by atoms with Crippen molar-refractivity contribution in [1.29, 1.82) is 0 Å². The van der Waals surface area contributed by atoms with Crippen molar-refractivity contribution in [3.63, 3.8) is 0 Å². The molecule has 1 aromatic heterocycles. The van der Waals surface area contributed by atoms with Gasteiger partial charge in [-0.1, -0.05) is 0 Å². The predicted molar refractivity (Wildman–Crippen MR) is 106 cm³/mol. The van der Waals surface area contributed by atoms with Crippen LogP contribution in [-0.4, -0.2) is 53.9 Å². The van der Waals surface area contributed by atoms with Gasteiger partial charge in [0.1, 0.15) is 16.8 Å². The number of carbonyl (C=O) groups is 1. The summed E-state index contributed by atoms with van der Waals surface area (Å²) in [4.78, 5) is 18.5. The molecule has 0 aliphatic carbocycles. The molecule has 0 radical (unpaired) electrons. The molecule has 1 fully saturated rings. The number of imidazole rings is 1. The molecule has 0 saturated carbocycles. The minimum absolute atomic E-state index is 0.252. The van der Waals surface area contributed by atoms with E-state index in [2.05, 4.69) is 20.1 Å². The first-order valence-corrected chi connectivity index (χ1v) is 9.76. The maximum atomic E-state index is 11.2. The van der Waals surface area contributed by atoms with Gasteiger partial charge in [-0.05, 0) is 32.1 Å². The van der Waals surface area contributed by atoms with Crippen LogP contribution in [0.15, 0.2) is 6.07 Å². The molecule has 8 heteroatoms. The Bertz CT molecular complexity index is 827. The van der Waals surface area contributed by atoms with Crippen LogP contribution in [0.2, 0.25) is 0 Å². The number of ether oxygens (including phenoxy) is 1. The smallest absolute Gasteiger partial charge is 0.211 e. The molecule has 0 unspecified atom stereocenters. The normalized spacial score (nSPS) is 17.5. The molecule has 1 saturated heterocycles. The minimum Gasteiger partial charge on any atom is -0.491 e. The SMILES string of the molecule is CCNc1cc2c3c(nc(N4CCC(CO)CC4)n3CCCO2)c1NC=O. The zero-order chi connectivity index (χ0) is 18.8. The van der Waals surface area contributed by atoms with Crippen LogP contribution >= 0.6 is 0 Å². The predicted octanol–water partition coefficient (Wildman–Crippen LogP) is 2.03. The molecule has 2 aliphatic rings. The van der Waals surface area contributed by atoms with Crippen molar-refractivity contribution in [1.82, 2.24) is 9.55 Å². The highest BCUT2D eigenvalue weighted by molar-refractivity contribution is 6.04. The van der Waals surface area contributed by atoms with Crippen molar-refractivity contribution < 1.29 is 14.6 Å². The number of hydrogen-bond donors (Lipinski definition) is 3. The number of aryl methyl sites for hydroxylation is 1. The summed E-state index contributed by atoms with van der Waals surface area (Å²) in [6, 6.07) is 1.96. The van der Waals surface area contributed by atoms with Crippen molar-refractivity contribution in [3.05, 3.63) is 6.07 Å². The molecule has 27 heavy (non-hydrogen) atoms. The lowest BCUT2D eigenvalue weighted by atomic mass is 9.98. The molecular formula is C19H27N5O3. The average Bonchev–Trinajstić information content (AvgIpc) is 2.94. The zero-order valence-electron chi connectivity index (χ0n) is 15.7. The standard InChI is InChI=1S/C19H27N5O3/c1-2-20-14-10-15-18-17(16(14)21-12-26)22-19(24(18)6-3-9-27-15)23-7-4-13(11-25)5-8-23/h10,12-13,20,25H,2-9,11H2,1H3,(H,21,26). The number of amides is 1. The highest BCUT2D eigenvalue weighted by atomic mass is 16.5. The topological polar surface area (TPSA) is 91.7 Å². The molecule has 146 valence electrons. The first-order valence-electron chi connectivity index (χ1n) is 9.76. The second-order valence-electron chi connectivity index (χ2n) is 7.17. The highest BCUT2D eigenvalue weighted by Gasteiger charge is 2.28. The Hall–Kier alpha value is -2.48. The van der Waals surface area contributed by atoms with E-state index in [0.29, 0.717) is 24.6 Å². The molecule has 2 aromatic rings. The summed E-state index contributed by atoms with van der Waals surface area (Å²) in [5.74, 6) is 2.11. The molecule has 4 rings (SSSR count). The number of aromatic nitrogens is 2. The van der Waals surface area contributed by atoms with Crippen molar-refractivity contribution in [2.75, 3.05) is 48.4 Å². The van der Waals surface area contributed by atoms with Crippen molar-refractivity contribution in [2.45, 2.75) is 32.7 Å². The summed E-state index contributed by atoms with van der Waals surface area (Å²) in [6.07, 6.45) is 3.53. The van der Waals surface area contributed by atoms with Gasteiger partial charge < -0.3 is 29.9 Å². The molecule has 1 amide bonds. The van der Waals surface area contributed by atoms with Crippen LogP contribution in [0.5, 0.6) is 5.75 Å². The zero-order valence-corrected chi connectivity index (χ0v) is 15.7. The number of hydrogen-bond acceptors (Lipinski definition) is 6. The number of aliphatic hydroxyl groups excluding tert-OH is 1. The van der Waals surface area contributed by atoms with E-state index >= 15 is 0 Å². The monoisotopic (exact) mass is 373 g/mol. The Balaban J connectivity index is 1.84. The summed E-state index contributed by atoms with van der Waals surface area (Å²) in [5, 5.41) is 15.6. The minimum atomic E-state index is 0.252. The van der Waals surface area contributed by atoms with Gasteiger partial charge in [0, 0.05) is 38.9 Å². The lowest BCUT2D eigenvalue weighted by molar-refractivity contribution is -0.105. The third kappa shape index (κ3) is 3.18. The van der Waals surface area contributed by atoms with Crippen molar-refractivity contribution in [3.8, 4) is 5.75 Å². The van der Waals surface area contributed by atoms with Crippen LogP contribution in [0, 0.1) is 5.92 Å². The molecule has 3 N–H and O–H groups in total.